The van der Waals surface area contributed by atoms with Crippen molar-refractivity contribution in [2.24, 2.45) is 10.8 Å². The summed E-state index contributed by atoms with van der Waals surface area (Å²) in [5, 5.41) is 0. The molecule has 0 bridgehead atoms. The van der Waals surface area contributed by atoms with Crippen LogP contribution in [0.2, 0.25) is 0 Å². The molecule has 0 atom stereocenters. The highest BCUT2D eigenvalue weighted by Crippen LogP contribution is 2.35. The molecule has 0 aromatic rings. The Morgan fingerprint density at radius 1 is 1.00 bits per heavy atom. The first-order valence-corrected chi connectivity index (χ1v) is 4.60. The van der Waals surface area contributed by atoms with Gasteiger partial charge in [-0.15, -0.1) is 0 Å². The van der Waals surface area contributed by atoms with Crippen LogP contribution in [0.25, 0.3) is 0 Å². The van der Waals surface area contributed by atoms with Crippen LogP contribution in [0.5, 0.6) is 0 Å². The van der Waals surface area contributed by atoms with E-state index in [1.807, 2.05) is 0 Å². The molecule has 0 radical (unpaired) electrons. The monoisotopic (exact) mass is 186 g/mol. The van der Waals surface area contributed by atoms with Crippen molar-refractivity contribution in [3.05, 3.63) is 0 Å². The van der Waals surface area contributed by atoms with Crippen LogP contribution in [0.3, 0.4) is 0 Å². The molecule has 13 heavy (non-hydrogen) atoms. The Labute approximate surface area is 79.4 Å². The Morgan fingerprint density at radius 3 is 1.77 bits per heavy atom. The van der Waals surface area contributed by atoms with Crippen molar-refractivity contribution in [3.8, 4) is 0 Å². The van der Waals surface area contributed by atoms with Crippen molar-refractivity contribution in [2.75, 3.05) is 13.2 Å². The summed E-state index contributed by atoms with van der Waals surface area (Å²) < 4.78 is 9.86. The highest BCUT2D eigenvalue weighted by molar-refractivity contribution is 5.60. The summed E-state index contributed by atoms with van der Waals surface area (Å²) in [5.74, 6) is 0. The molecule has 1 aliphatic heterocycles. The second-order valence-corrected chi connectivity index (χ2v) is 5.33. The lowest BCUT2D eigenvalue weighted by Crippen LogP contribution is -2.35. The molecule has 0 aromatic carbocycles. The van der Waals surface area contributed by atoms with Crippen molar-refractivity contribution < 1.29 is 14.3 Å². The van der Waals surface area contributed by atoms with Gasteiger partial charge in [-0.25, -0.2) is 4.79 Å². The van der Waals surface area contributed by atoms with Crippen molar-refractivity contribution in [3.63, 3.8) is 0 Å². The Kier molecular flexibility index (Phi) is 2.55. The number of hydrogen-bond acceptors (Lipinski definition) is 3. The zero-order chi connectivity index (χ0) is 10.1. The quantitative estimate of drug-likeness (QED) is 0.545. The van der Waals surface area contributed by atoms with Gasteiger partial charge in [0.15, 0.2) is 0 Å². The van der Waals surface area contributed by atoms with Crippen molar-refractivity contribution in [1.29, 1.82) is 0 Å². The minimum atomic E-state index is -0.541. The van der Waals surface area contributed by atoms with Crippen molar-refractivity contribution in [1.82, 2.24) is 0 Å². The second-order valence-electron chi connectivity index (χ2n) is 5.33. The maximum atomic E-state index is 11.0. The van der Waals surface area contributed by atoms with E-state index < -0.39 is 6.16 Å². The maximum Gasteiger partial charge on any atom is 0.508 e. The van der Waals surface area contributed by atoms with E-state index in [2.05, 4.69) is 27.7 Å². The summed E-state index contributed by atoms with van der Waals surface area (Å²) in [4.78, 5) is 11.0. The van der Waals surface area contributed by atoms with Gasteiger partial charge < -0.3 is 9.47 Å². The Bertz CT molecular complexity index is 186. The van der Waals surface area contributed by atoms with E-state index in [4.69, 9.17) is 9.47 Å². The van der Waals surface area contributed by atoms with Crippen molar-refractivity contribution >= 4 is 6.16 Å². The van der Waals surface area contributed by atoms with Gasteiger partial charge in [0, 0.05) is 0 Å². The summed E-state index contributed by atoms with van der Waals surface area (Å²) in [6, 6.07) is 0. The molecule has 0 aliphatic carbocycles. The van der Waals surface area contributed by atoms with E-state index >= 15 is 0 Å². The zero-order valence-electron chi connectivity index (χ0n) is 8.85. The molecule has 76 valence electrons. The second kappa shape index (κ2) is 3.20. The predicted molar refractivity (Wildman–Crippen MR) is 49.5 cm³/mol. The molecule has 3 nitrogen and oxygen atoms in total. The average molecular weight is 186 g/mol. The summed E-state index contributed by atoms with van der Waals surface area (Å²) in [6.45, 7) is 9.30. The fourth-order valence-electron chi connectivity index (χ4n) is 1.95. The predicted octanol–water partition coefficient (Wildman–Crippen LogP) is 2.60. The molecule has 0 spiro atoms. The lowest BCUT2D eigenvalue weighted by molar-refractivity contribution is -0.0331. The van der Waals surface area contributed by atoms with Crippen LogP contribution in [0.4, 0.5) is 4.79 Å². The summed E-state index contributed by atoms with van der Waals surface area (Å²) in [6.07, 6.45) is 0.452. The van der Waals surface area contributed by atoms with E-state index in [0.29, 0.717) is 13.2 Å². The van der Waals surface area contributed by atoms with Gasteiger partial charge in [0.1, 0.15) is 13.2 Å². The van der Waals surface area contributed by atoms with Crippen LogP contribution in [0, 0.1) is 10.8 Å². The van der Waals surface area contributed by atoms with Crippen LogP contribution >= 0.6 is 0 Å². The Balaban J connectivity index is 2.70. The molecule has 0 N–H and O–H groups in total. The van der Waals surface area contributed by atoms with E-state index in [-0.39, 0.29) is 10.8 Å². The first-order valence-electron chi connectivity index (χ1n) is 4.60. The molecule has 1 saturated heterocycles. The Hall–Kier alpha value is -0.730. The third-order valence-corrected chi connectivity index (χ3v) is 2.12. The third kappa shape index (κ3) is 3.25. The molecule has 1 heterocycles. The molecule has 0 unspecified atom stereocenters. The van der Waals surface area contributed by atoms with Gasteiger partial charge in [-0.1, -0.05) is 27.7 Å². The van der Waals surface area contributed by atoms with E-state index in [1.165, 1.54) is 0 Å². The zero-order valence-corrected chi connectivity index (χ0v) is 8.85. The largest absolute Gasteiger partial charge is 0.508 e. The standard InChI is InChI=1S/C10H18O3/c1-9(2)5-10(3,4)7-13-8(11)12-6-9/h5-7H2,1-4H3. The highest BCUT2D eigenvalue weighted by atomic mass is 16.7. The molecular formula is C10H18O3. The summed E-state index contributed by atoms with van der Waals surface area (Å²) in [5.41, 5.74) is 0.0892. The Morgan fingerprint density at radius 2 is 1.38 bits per heavy atom. The number of hydrogen-bond donors (Lipinski definition) is 0. The highest BCUT2D eigenvalue weighted by Gasteiger charge is 2.33. The van der Waals surface area contributed by atoms with E-state index in [9.17, 15) is 4.79 Å². The normalized spacial score (nSPS) is 26.6. The third-order valence-electron chi connectivity index (χ3n) is 2.12. The average Bonchev–Trinajstić information content (AvgIpc) is 1.94. The topological polar surface area (TPSA) is 35.5 Å². The van der Waals surface area contributed by atoms with Crippen molar-refractivity contribution in [2.45, 2.75) is 34.1 Å². The fourth-order valence-corrected chi connectivity index (χ4v) is 1.95. The van der Waals surface area contributed by atoms with Gasteiger partial charge in [0.2, 0.25) is 0 Å². The summed E-state index contributed by atoms with van der Waals surface area (Å²) >= 11 is 0. The smallest absolute Gasteiger partial charge is 0.434 e. The molecule has 0 aromatic heterocycles. The molecular weight excluding hydrogens is 168 g/mol. The molecule has 3 heteroatoms. The number of cyclic esters (lactones) is 2. The van der Waals surface area contributed by atoms with Crippen LogP contribution in [0.15, 0.2) is 0 Å². The number of ether oxygens (including phenoxy) is 2. The minimum Gasteiger partial charge on any atom is -0.434 e. The fraction of sp³-hybridized carbons (Fsp3) is 0.900. The van der Waals surface area contributed by atoms with Crippen LogP contribution < -0.4 is 0 Å². The molecule has 1 fully saturated rings. The molecule has 0 amide bonds. The van der Waals surface area contributed by atoms with Gasteiger partial charge in [0.25, 0.3) is 0 Å². The number of carbonyl (C=O) groups is 1. The van der Waals surface area contributed by atoms with E-state index in [1.54, 1.807) is 0 Å². The van der Waals surface area contributed by atoms with Crippen LogP contribution in [-0.2, 0) is 9.47 Å². The first kappa shape index (κ1) is 10.4. The molecule has 1 rings (SSSR count). The summed E-state index contributed by atoms with van der Waals surface area (Å²) in [7, 11) is 0. The molecule has 1 aliphatic rings. The van der Waals surface area contributed by atoms with Gasteiger partial charge in [0.05, 0.1) is 0 Å². The number of rotatable bonds is 0. The lowest BCUT2D eigenvalue weighted by atomic mass is 9.76. The maximum absolute atomic E-state index is 11.0. The lowest BCUT2D eigenvalue weighted by Gasteiger charge is -2.36. The van der Waals surface area contributed by atoms with Gasteiger partial charge >= 0.3 is 6.16 Å². The first-order chi connectivity index (χ1) is 5.81. The van der Waals surface area contributed by atoms with E-state index in [0.717, 1.165) is 6.42 Å². The van der Waals surface area contributed by atoms with Crippen LogP contribution in [0.1, 0.15) is 34.1 Å². The molecule has 0 saturated carbocycles. The minimum absolute atomic E-state index is 0.0446. The van der Waals surface area contributed by atoms with Gasteiger partial charge in [-0.3, -0.25) is 0 Å². The van der Waals surface area contributed by atoms with Gasteiger partial charge in [-0.2, -0.15) is 0 Å². The SMILES string of the molecule is CC1(C)COC(=O)OCC(C)(C)C1. The number of carbonyl (C=O) groups excluding carboxylic acids is 1. The van der Waals surface area contributed by atoms with Crippen LogP contribution in [-0.4, -0.2) is 19.4 Å². The van der Waals surface area contributed by atoms with Gasteiger partial charge in [-0.05, 0) is 17.3 Å².